The molecule has 0 saturated carbocycles. The summed E-state index contributed by atoms with van der Waals surface area (Å²) in [5.41, 5.74) is 3.46. The molecule has 2 aromatic heterocycles. The van der Waals surface area contributed by atoms with Crippen LogP contribution >= 0.6 is 0 Å². The maximum absolute atomic E-state index is 13.5. The molecule has 1 aliphatic heterocycles. The molecule has 0 aliphatic carbocycles. The van der Waals surface area contributed by atoms with Gasteiger partial charge < -0.3 is 24.5 Å². The molecular weight excluding hydrogens is 454 g/mol. The molecule has 0 radical (unpaired) electrons. The number of hydrogen-bond acceptors (Lipinski definition) is 5. The molecule has 1 fully saturated rings. The van der Waals surface area contributed by atoms with Crippen LogP contribution in [-0.2, 0) is 6.54 Å². The first-order valence-electron chi connectivity index (χ1n) is 12.6. The molecule has 36 heavy (non-hydrogen) atoms. The van der Waals surface area contributed by atoms with Crippen molar-refractivity contribution in [3.05, 3.63) is 63.2 Å². The second-order valence-corrected chi connectivity index (χ2v) is 9.69. The van der Waals surface area contributed by atoms with Gasteiger partial charge in [-0.3, -0.25) is 9.59 Å². The number of para-hydroxylation sites is 1. The van der Waals surface area contributed by atoms with Crippen LogP contribution in [0.2, 0.25) is 0 Å². The molecule has 0 bridgehead atoms. The summed E-state index contributed by atoms with van der Waals surface area (Å²) < 4.78 is 7.68. The van der Waals surface area contributed by atoms with Crippen LogP contribution in [0.1, 0.15) is 59.5 Å². The van der Waals surface area contributed by atoms with Gasteiger partial charge in [0.15, 0.2) is 0 Å². The highest BCUT2D eigenvalue weighted by Crippen LogP contribution is 2.35. The van der Waals surface area contributed by atoms with E-state index in [1.807, 2.05) is 25.1 Å². The van der Waals surface area contributed by atoms with Crippen molar-refractivity contribution in [3.63, 3.8) is 0 Å². The van der Waals surface area contributed by atoms with Crippen LogP contribution in [0.4, 0.5) is 0 Å². The highest BCUT2D eigenvalue weighted by Gasteiger charge is 2.29. The Labute approximate surface area is 211 Å². The number of ether oxygens (including phenoxy) is 1. The van der Waals surface area contributed by atoms with E-state index >= 15 is 0 Å². The molecule has 4 rings (SSSR count). The fourth-order valence-electron chi connectivity index (χ4n) is 5.57. The fourth-order valence-corrected chi connectivity index (χ4v) is 5.57. The molecular formula is C28H35N5O3. The minimum absolute atomic E-state index is 0.0767. The number of amides is 1. The number of carbonyl (C=O) groups is 1. The zero-order chi connectivity index (χ0) is 25.8. The lowest BCUT2D eigenvalue weighted by molar-refractivity contribution is 0.0951. The molecule has 190 valence electrons. The van der Waals surface area contributed by atoms with Crippen LogP contribution in [0.5, 0.6) is 5.75 Å². The van der Waals surface area contributed by atoms with Crippen LogP contribution < -0.4 is 15.6 Å². The molecule has 1 aliphatic rings. The van der Waals surface area contributed by atoms with Gasteiger partial charge >= 0.3 is 0 Å². The highest BCUT2D eigenvalue weighted by molar-refractivity contribution is 6.08. The minimum Gasteiger partial charge on any atom is -0.496 e. The van der Waals surface area contributed by atoms with Crippen molar-refractivity contribution in [2.45, 2.75) is 52.6 Å². The van der Waals surface area contributed by atoms with Gasteiger partial charge in [-0.15, -0.1) is 0 Å². The number of H-pyrrole nitrogens is 1. The Bertz CT molecular complexity index is 1340. The predicted molar refractivity (Wildman–Crippen MR) is 140 cm³/mol. The van der Waals surface area contributed by atoms with E-state index in [2.05, 4.69) is 38.8 Å². The van der Waals surface area contributed by atoms with Gasteiger partial charge in [0.1, 0.15) is 5.75 Å². The van der Waals surface area contributed by atoms with E-state index in [1.165, 1.54) is 7.11 Å². The maximum Gasteiger partial charge on any atom is 0.256 e. The normalized spacial score (nSPS) is 15.5. The van der Waals surface area contributed by atoms with Gasteiger partial charge in [0.25, 0.3) is 11.5 Å². The number of benzene rings is 1. The van der Waals surface area contributed by atoms with Crippen LogP contribution in [0, 0.1) is 31.1 Å². The zero-order valence-corrected chi connectivity index (χ0v) is 21.6. The molecule has 2 N–H and O–H groups in total. The van der Waals surface area contributed by atoms with Crippen molar-refractivity contribution in [1.29, 1.82) is 5.26 Å². The molecule has 1 unspecified atom stereocenters. The van der Waals surface area contributed by atoms with E-state index in [9.17, 15) is 9.59 Å². The fraction of sp³-hybridized carbons (Fsp3) is 0.464. The summed E-state index contributed by atoms with van der Waals surface area (Å²) in [5.74, 6) is 0.748. The van der Waals surface area contributed by atoms with Crippen molar-refractivity contribution >= 4 is 16.8 Å². The molecule has 1 saturated heterocycles. The third-order valence-corrected chi connectivity index (χ3v) is 7.52. The Morgan fingerprint density at radius 2 is 2.00 bits per heavy atom. The Morgan fingerprint density at radius 3 is 2.69 bits per heavy atom. The van der Waals surface area contributed by atoms with E-state index in [0.717, 1.165) is 49.1 Å². The van der Waals surface area contributed by atoms with Gasteiger partial charge in [0, 0.05) is 41.3 Å². The van der Waals surface area contributed by atoms with Crippen molar-refractivity contribution in [1.82, 2.24) is 19.8 Å². The number of aromatic amines is 1. The van der Waals surface area contributed by atoms with Crippen LogP contribution in [0.3, 0.4) is 0 Å². The first-order valence-corrected chi connectivity index (χ1v) is 12.6. The number of fused-ring (bicyclic) bond motifs is 1. The molecule has 8 heteroatoms. The Balaban J connectivity index is 1.58. The minimum atomic E-state index is -0.263. The van der Waals surface area contributed by atoms with Crippen molar-refractivity contribution < 1.29 is 9.53 Å². The molecule has 3 aromatic rings. The summed E-state index contributed by atoms with van der Waals surface area (Å²) >= 11 is 0. The number of aromatic nitrogens is 2. The SMILES string of the molecule is COc1cc(C)[nH]c(=O)c1CNC(=O)c1c(C)n(C(C)C2CCN(CCC#N)CC2)c2ccccc12. The topological polar surface area (TPSA) is 103 Å². The average molecular weight is 490 g/mol. The molecule has 3 heterocycles. The van der Waals surface area contributed by atoms with Gasteiger partial charge in [-0.05, 0) is 64.8 Å². The third kappa shape index (κ3) is 5.02. The van der Waals surface area contributed by atoms with E-state index in [1.54, 1.807) is 13.0 Å². The van der Waals surface area contributed by atoms with Gasteiger partial charge in [-0.1, -0.05) is 18.2 Å². The van der Waals surface area contributed by atoms with Crippen LogP contribution in [0.15, 0.2) is 35.1 Å². The van der Waals surface area contributed by atoms with Gasteiger partial charge in [-0.25, -0.2) is 0 Å². The summed E-state index contributed by atoms with van der Waals surface area (Å²) in [6.45, 7) is 8.95. The number of likely N-dealkylation sites (tertiary alicyclic amines) is 1. The zero-order valence-electron chi connectivity index (χ0n) is 21.6. The number of nitrogens with zero attached hydrogens (tertiary/aromatic N) is 3. The van der Waals surface area contributed by atoms with E-state index < -0.39 is 0 Å². The summed E-state index contributed by atoms with van der Waals surface area (Å²) in [6, 6.07) is 12.3. The molecule has 8 nitrogen and oxygen atoms in total. The van der Waals surface area contributed by atoms with Gasteiger partial charge in [-0.2, -0.15) is 5.26 Å². The van der Waals surface area contributed by atoms with Gasteiger partial charge in [0.2, 0.25) is 0 Å². The number of carbonyl (C=O) groups excluding carboxylic acids is 1. The quantitative estimate of drug-likeness (QED) is 0.496. The Hall–Kier alpha value is -3.57. The smallest absolute Gasteiger partial charge is 0.256 e. The standard InChI is InChI=1S/C28H35N5O3/c1-18-16-25(36-4)23(27(34)31-18)17-30-28(35)26-20(3)33(24-9-6-5-8-22(24)26)19(2)21-10-14-32(15-11-21)13-7-12-29/h5-6,8-9,16,19,21H,7,10-11,13-15,17H2,1-4H3,(H,30,35)(H,31,34). The van der Waals surface area contributed by atoms with Crippen molar-refractivity contribution in [2.24, 2.45) is 5.92 Å². The van der Waals surface area contributed by atoms with Crippen molar-refractivity contribution in [3.8, 4) is 11.8 Å². The lowest BCUT2D eigenvalue weighted by atomic mass is 9.90. The maximum atomic E-state index is 13.5. The summed E-state index contributed by atoms with van der Waals surface area (Å²) in [7, 11) is 1.52. The monoisotopic (exact) mass is 489 g/mol. The largest absolute Gasteiger partial charge is 0.496 e. The third-order valence-electron chi connectivity index (χ3n) is 7.52. The Morgan fingerprint density at radius 1 is 1.28 bits per heavy atom. The number of aryl methyl sites for hydroxylation is 1. The first-order chi connectivity index (χ1) is 17.3. The van der Waals surface area contributed by atoms with Crippen molar-refractivity contribution in [2.75, 3.05) is 26.7 Å². The Kier molecular flexibility index (Phi) is 7.80. The number of nitrogens with one attached hydrogen (secondary N) is 2. The number of hydrogen-bond donors (Lipinski definition) is 2. The van der Waals surface area contributed by atoms with E-state index in [-0.39, 0.29) is 24.1 Å². The number of rotatable bonds is 8. The van der Waals surface area contributed by atoms with E-state index in [4.69, 9.17) is 10.00 Å². The summed E-state index contributed by atoms with van der Waals surface area (Å²) in [6.07, 6.45) is 2.70. The summed E-state index contributed by atoms with van der Waals surface area (Å²) in [4.78, 5) is 31.1. The lowest BCUT2D eigenvalue weighted by Gasteiger charge is -2.35. The van der Waals surface area contributed by atoms with Crippen LogP contribution in [0.25, 0.3) is 10.9 Å². The second kappa shape index (κ2) is 11.0. The molecule has 1 aromatic carbocycles. The molecule has 1 amide bonds. The number of piperidine rings is 1. The predicted octanol–water partition coefficient (Wildman–Crippen LogP) is 4.07. The number of nitriles is 1. The second-order valence-electron chi connectivity index (χ2n) is 9.69. The molecule has 1 atom stereocenters. The average Bonchev–Trinajstić information content (AvgIpc) is 3.17. The first kappa shape index (κ1) is 25.5. The highest BCUT2D eigenvalue weighted by atomic mass is 16.5. The van der Waals surface area contributed by atoms with Crippen LogP contribution in [-0.4, -0.2) is 47.1 Å². The summed E-state index contributed by atoms with van der Waals surface area (Å²) in [5, 5.41) is 12.7. The lowest BCUT2D eigenvalue weighted by Crippen LogP contribution is -2.36. The number of methoxy groups -OCH3 is 1. The number of pyridine rings is 1. The molecule has 0 spiro atoms. The van der Waals surface area contributed by atoms with E-state index in [0.29, 0.717) is 34.9 Å². The van der Waals surface area contributed by atoms with Gasteiger partial charge in [0.05, 0.1) is 30.9 Å².